The fourth-order valence-corrected chi connectivity index (χ4v) is 2.72. The van der Waals surface area contributed by atoms with Gasteiger partial charge in [-0.3, -0.25) is 4.79 Å². The molecule has 1 aliphatic rings. The van der Waals surface area contributed by atoms with Crippen molar-refractivity contribution in [3.05, 3.63) is 24.3 Å². The molecular weight excluding hydrogens is 266 g/mol. The summed E-state index contributed by atoms with van der Waals surface area (Å²) in [5.74, 6) is -0.155. The maximum atomic E-state index is 10.6. The Kier molecular flexibility index (Phi) is 6.62. The number of ether oxygens (including phenoxy) is 2. The Labute approximate surface area is 128 Å². The van der Waals surface area contributed by atoms with Crippen LogP contribution in [0.5, 0.6) is 0 Å². The summed E-state index contributed by atoms with van der Waals surface area (Å²) in [6.07, 6.45) is 9.06. The van der Waals surface area contributed by atoms with Gasteiger partial charge in [0.2, 0.25) is 5.91 Å². The van der Waals surface area contributed by atoms with Crippen LogP contribution in [0.1, 0.15) is 47.5 Å². The summed E-state index contributed by atoms with van der Waals surface area (Å²) in [5.41, 5.74) is 5.04. The highest BCUT2D eigenvalue weighted by Crippen LogP contribution is 2.36. The van der Waals surface area contributed by atoms with E-state index in [1.54, 1.807) is 6.08 Å². The van der Waals surface area contributed by atoms with Gasteiger partial charge in [-0.05, 0) is 26.2 Å². The highest BCUT2D eigenvalue weighted by Gasteiger charge is 2.41. The van der Waals surface area contributed by atoms with Gasteiger partial charge in [-0.25, -0.2) is 0 Å². The van der Waals surface area contributed by atoms with Gasteiger partial charge in [0.1, 0.15) is 0 Å². The first-order chi connectivity index (χ1) is 9.76. The van der Waals surface area contributed by atoms with Gasteiger partial charge < -0.3 is 15.2 Å². The monoisotopic (exact) mass is 295 g/mol. The molecule has 2 N–H and O–H groups in total. The molecule has 0 unspecified atom stereocenters. The van der Waals surface area contributed by atoms with Crippen LogP contribution >= 0.6 is 0 Å². The molecule has 4 atom stereocenters. The normalized spacial score (nSPS) is 30.8. The number of hydrogen-bond acceptors (Lipinski definition) is 3. The summed E-state index contributed by atoms with van der Waals surface area (Å²) in [7, 11) is 0. The minimum atomic E-state index is -0.553. The SMILES string of the molecule is CC[C@H](C)[C@H]1OC(C)(C)O[C@@H](C/C=C/C=C\C(N)=O)[C@@H]1C. The molecule has 1 amide bonds. The van der Waals surface area contributed by atoms with Crippen LogP contribution in [0.2, 0.25) is 0 Å². The van der Waals surface area contributed by atoms with Crippen LogP contribution in [0.15, 0.2) is 24.3 Å². The first-order valence-corrected chi connectivity index (χ1v) is 7.75. The van der Waals surface area contributed by atoms with Gasteiger partial charge in [0.15, 0.2) is 5.79 Å². The van der Waals surface area contributed by atoms with Gasteiger partial charge in [0, 0.05) is 12.0 Å². The molecule has 120 valence electrons. The van der Waals surface area contributed by atoms with Crippen LogP contribution in [0.25, 0.3) is 0 Å². The second-order valence-electron chi connectivity index (χ2n) is 6.31. The summed E-state index contributed by atoms with van der Waals surface area (Å²) in [6, 6.07) is 0. The average molecular weight is 295 g/mol. The molecule has 1 rings (SSSR count). The van der Waals surface area contributed by atoms with E-state index in [-0.39, 0.29) is 12.2 Å². The molecule has 4 nitrogen and oxygen atoms in total. The van der Waals surface area contributed by atoms with Gasteiger partial charge in [-0.1, -0.05) is 45.4 Å². The number of hydrogen-bond donors (Lipinski definition) is 1. The molecule has 21 heavy (non-hydrogen) atoms. The van der Waals surface area contributed by atoms with Crippen LogP contribution in [0.3, 0.4) is 0 Å². The van der Waals surface area contributed by atoms with Gasteiger partial charge in [-0.15, -0.1) is 0 Å². The molecule has 0 aromatic heterocycles. The summed E-state index contributed by atoms with van der Waals surface area (Å²) < 4.78 is 12.2. The molecule has 0 aromatic carbocycles. The van der Waals surface area contributed by atoms with Crippen LogP contribution in [0, 0.1) is 11.8 Å². The smallest absolute Gasteiger partial charge is 0.241 e. The summed E-state index contributed by atoms with van der Waals surface area (Å²) in [5, 5.41) is 0. The molecule has 0 bridgehead atoms. The van der Waals surface area contributed by atoms with Gasteiger partial charge in [0.05, 0.1) is 12.2 Å². The van der Waals surface area contributed by atoms with Crippen LogP contribution < -0.4 is 5.73 Å². The van der Waals surface area contributed by atoms with Crippen molar-refractivity contribution in [2.45, 2.75) is 65.5 Å². The number of carbonyl (C=O) groups excluding carboxylic acids is 1. The molecule has 1 aliphatic heterocycles. The molecule has 0 aliphatic carbocycles. The lowest BCUT2D eigenvalue weighted by Crippen LogP contribution is -2.52. The van der Waals surface area contributed by atoms with Crippen molar-refractivity contribution < 1.29 is 14.3 Å². The van der Waals surface area contributed by atoms with Crippen LogP contribution in [-0.4, -0.2) is 23.9 Å². The molecule has 1 heterocycles. The van der Waals surface area contributed by atoms with Crippen molar-refractivity contribution in [3.63, 3.8) is 0 Å². The Bertz CT molecular complexity index is 401. The minimum Gasteiger partial charge on any atom is -0.366 e. The predicted octanol–water partition coefficient (Wildman–Crippen LogP) is 3.18. The van der Waals surface area contributed by atoms with E-state index >= 15 is 0 Å². The Morgan fingerprint density at radius 3 is 2.57 bits per heavy atom. The maximum Gasteiger partial charge on any atom is 0.241 e. The van der Waals surface area contributed by atoms with E-state index in [9.17, 15) is 4.79 Å². The largest absolute Gasteiger partial charge is 0.366 e. The van der Waals surface area contributed by atoms with Crippen molar-refractivity contribution in [1.29, 1.82) is 0 Å². The van der Waals surface area contributed by atoms with Crippen molar-refractivity contribution in [1.82, 2.24) is 0 Å². The predicted molar refractivity (Wildman–Crippen MR) is 84.5 cm³/mol. The Balaban J connectivity index is 2.69. The van der Waals surface area contributed by atoms with Crippen LogP contribution in [-0.2, 0) is 14.3 Å². The van der Waals surface area contributed by atoms with E-state index in [1.165, 1.54) is 6.08 Å². The molecule has 1 saturated heterocycles. The number of allylic oxidation sites excluding steroid dienone is 2. The zero-order valence-corrected chi connectivity index (χ0v) is 13.8. The summed E-state index contributed by atoms with van der Waals surface area (Å²) in [4.78, 5) is 10.6. The number of primary amides is 1. The highest BCUT2D eigenvalue weighted by molar-refractivity contribution is 5.85. The molecule has 0 radical (unpaired) electrons. The van der Waals surface area contributed by atoms with Gasteiger partial charge >= 0.3 is 0 Å². The molecule has 4 heteroatoms. The third-order valence-electron chi connectivity index (χ3n) is 4.04. The first-order valence-electron chi connectivity index (χ1n) is 7.75. The fourth-order valence-electron chi connectivity index (χ4n) is 2.72. The molecule has 0 saturated carbocycles. The lowest BCUT2D eigenvalue weighted by molar-refractivity contribution is -0.326. The number of amides is 1. The fraction of sp³-hybridized carbons (Fsp3) is 0.706. The maximum absolute atomic E-state index is 10.6. The van der Waals surface area contributed by atoms with Crippen molar-refractivity contribution in [3.8, 4) is 0 Å². The molecule has 0 spiro atoms. The Morgan fingerprint density at radius 2 is 2.00 bits per heavy atom. The minimum absolute atomic E-state index is 0.117. The molecular formula is C17H29NO3. The highest BCUT2D eigenvalue weighted by atomic mass is 16.7. The van der Waals surface area contributed by atoms with Crippen molar-refractivity contribution in [2.24, 2.45) is 17.6 Å². The Morgan fingerprint density at radius 1 is 1.33 bits per heavy atom. The zero-order valence-electron chi connectivity index (χ0n) is 13.8. The lowest BCUT2D eigenvalue weighted by Gasteiger charge is -2.46. The Hall–Kier alpha value is -1.13. The molecule has 1 fully saturated rings. The topological polar surface area (TPSA) is 61.6 Å². The van der Waals surface area contributed by atoms with E-state index < -0.39 is 11.7 Å². The quantitative estimate of drug-likeness (QED) is 0.604. The van der Waals surface area contributed by atoms with Gasteiger partial charge in [0.25, 0.3) is 0 Å². The van der Waals surface area contributed by atoms with Crippen molar-refractivity contribution >= 4 is 5.91 Å². The average Bonchev–Trinajstić information content (AvgIpc) is 2.40. The van der Waals surface area contributed by atoms with Crippen LogP contribution in [0.4, 0.5) is 0 Å². The van der Waals surface area contributed by atoms with E-state index in [2.05, 4.69) is 20.8 Å². The van der Waals surface area contributed by atoms with E-state index in [0.29, 0.717) is 11.8 Å². The second kappa shape index (κ2) is 7.76. The number of rotatable bonds is 6. The lowest BCUT2D eigenvalue weighted by atomic mass is 9.85. The van der Waals surface area contributed by atoms with Crippen molar-refractivity contribution in [2.75, 3.05) is 0 Å². The number of nitrogens with two attached hydrogens (primary N) is 1. The van der Waals surface area contributed by atoms with Gasteiger partial charge in [-0.2, -0.15) is 0 Å². The zero-order chi connectivity index (χ0) is 16.0. The summed E-state index contributed by atoms with van der Waals surface area (Å²) in [6.45, 7) is 10.5. The summed E-state index contributed by atoms with van der Waals surface area (Å²) >= 11 is 0. The second-order valence-corrected chi connectivity index (χ2v) is 6.31. The van der Waals surface area contributed by atoms with E-state index in [4.69, 9.17) is 15.2 Å². The van der Waals surface area contributed by atoms with E-state index in [0.717, 1.165) is 12.8 Å². The third-order valence-corrected chi connectivity index (χ3v) is 4.04. The molecule has 0 aromatic rings. The first kappa shape index (κ1) is 17.9. The van der Waals surface area contributed by atoms with E-state index in [1.807, 2.05) is 26.0 Å². The third kappa shape index (κ3) is 5.64. The number of carbonyl (C=O) groups is 1. The standard InChI is InChI=1S/C17H29NO3/c1-6-12(2)16-13(3)14(20-17(4,5)21-16)10-8-7-9-11-15(18)19/h7-9,11-14,16H,6,10H2,1-5H3,(H2,18,19)/b8-7+,11-9-/t12-,13-,14-,16+/m0/s1.